The summed E-state index contributed by atoms with van der Waals surface area (Å²) in [5.74, 6) is -1.71. The van der Waals surface area contributed by atoms with Gasteiger partial charge in [-0.3, -0.25) is 4.79 Å². The zero-order valence-electron chi connectivity index (χ0n) is 9.16. The van der Waals surface area contributed by atoms with Crippen LogP contribution in [0.2, 0.25) is 0 Å². The molecule has 2 rings (SSSR count). The van der Waals surface area contributed by atoms with Gasteiger partial charge in [-0.25, -0.2) is 4.79 Å². The monoisotopic (exact) mass is 240 g/mol. The van der Waals surface area contributed by atoms with Crippen molar-refractivity contribution in [2.45, 2.75) is 25.5 Å². The number of amides is 1. The SMILES string of the molecule is Cc1cc(C(=O)N2C[C@H](O)C[C@H]2C(=O)O)on1. The number of hydrogen-bond acceptors (Lipinski definition) is 5. The van der Waals surface area contributed by atoms with Crippen molar-refractivity contribution >= 4 is 11.9 Å². The Labute approximate surface area is 96.6 Å². The highest BCUT2D eigenvalue weighted by molar-refractivity contribution is 5.94. The van der Waals surface area contributed by atoms with Gasteiger partial charge in [-0.2, -0.15) is 0 Å². The molecule has 7 heteroatoms. The van der Waals surface area contributed by atoms with Crippen molar-refractivity contribution in [1.29, 1.82) is 0 Å². The molecule has 17 heavy (non-hydrogen) atoms. The molecule has 1 amide bonds. The van der Waals surface area contributed by atoms with E-state index < -0.39 is 24.0 Å². The van der Waals surface area contributed by atoms with Gasteiger partial charge in [-0.05, 0) is 6.92 Å². The van der Waals surface area contributed by atoms with Crippen LogP contribution in [0.1, 0.15) is 22.7 Å². The summed E-state index contributed by atoms with van der Waals surface area (Å²) in [6.45, 7) is 1.66. The summed E-state index contributed by atoms with van der Waals surface area (Å²) in [5, 5.41) is 21.9. The third kappa shape index (κ3) is 2.14. The van der Waals surface area contributed by atoms with Crippen LogP contribution in [-0.2, 0) is 4.79 Å². The number of nitrogens with zero attached hydrogens (tertiary/aromatic N) is 2. The number of hydrogen-bond donors (Lipinski definition) is 2. The van der Waals surface area contributed by atoms with Gasteiger partial charge in [0.15, 0.2) is 0 Å². The van der Waals surface area contributed by atoms with Crippen molar-refractivity contribution < 1.29 is 24.3 Å². The Morgan fingerprint density at radius 3 is 2.82 bits per heavy atom. The van der Waals surface area contributed by atoms with E-state index in [0.29, 0.717) is 5.69 Å². The molecule has 0 radical (unpaired) electrons. The van der Waals surface area contributed by atoms with Crippen LogP contribution in [0, 0.1) is 6.92 Å². The minimum absolute atomic E-state index is 0.00442. The Kier molecular flexibility index (Phi) is 2.84. The van der Waals surface area contributed by atoms with Crippen LogP contribution in [-0.4, -0.2) is 50.8 Å². The number of carboxylic acids is 1. The molecule has 1 aliphatic heterocycles. The van der Waals surface area contributed by atoms with Crippen molar-refractivity contribution in [3.8, 4) is 0 Å². The Morgan fingerprint density at radius 1 is 1.59 bits per heavy atom. The summed E-state index contributed by atoms with van der Waals surface area (Å²) in [7, 11) is 0. The van der Waals surface area contributed by atoms with Gasteiger partial charge in [0.25, 0.3) is 5.91 Å². The summed E-state index contributed by atoms with van der Waals surface area (Å²) >= 11 is 0. The lowest BCUT2D eigenvalue weighted by molar-refractivity contribution is -0.141. The van der Waals surface area contributed by atoms with E-state index in [-0.39, 0.29) is 18.7 Å². The molecule has 2 atom stereocenters. The largest absolute Gasteiger partial charge is 0.480 e. The Bertz CT molecular complexity index is 455. The number of carboxylic acid groups (broad SMARTS) is 1. The lowest BCUT2D eigenvalue weighted by atomic mass is 10.2. The summed E-state index contributed by atoms with van der Waals surface area (Å²) < 4.78 is 4.79. The van der Waals surface area contributed by atoms with Gasteiger partial charge in [-0.15, -0.1) is 0 Å². The number of carbonyl (C=O) groups excluding carboxylic acids is 1. The highest BCUT2D eigenvalue weighted by atomic mass is 16.5. The van der Waals surface area contributed by atoms with Crippen LogP contribution in [0.15, 0.2) is 10.6 Å². The second-order valence-electron chi connectivity index (χ2n) is 4.03. The topological polar surface area (TPSA) is 104 Å². The smallest absolute Gasteiger partial charge is 0.326 e. The van der Waals surface area contributed by atoms with Gasteiger partial charge < -0.3 is 19.6 Å². The van der Waals surface area contributed by atoms with Crippen LogP contribution in [0.25, 0.3) is 0 Å². The summed E-state index contributed by atoms with van der Waals surface area (Å²) in [6.07, 6.45) is -0.780. The maximum atomic E-state index is 11.9. The minimum Gasteiger partial charge on any atom is -0.480 e. The van der Waals surface area contributed by atoms with Gasteiger partial charge in [0, 0.05) is 19.0 Å². The number of aromatic nitrogens is 1. The fourth-order valence-corrected chi connectivity index (χ4v) is 1.88. The van der Waals surface area contributed by atoms with Crippen molar-refractivity contribution in [1.82, 2.24) is 10.1 Å². The van der Waals surface area contributed by atoms with E-state index >= 15 is 0 Å². The van der Waals surface area contributed by atoms with Crippen LogP contribution in [0.5, 0.6) is 0 Å². The number of aliphatic carboxylic acids is 1. The number of aliphatic hydroxyl groups is 1. The van der Waals surface area contributed by atoms with Crippen LogP contribution < -0.4 is 0 Å². The lowest BCUT2D eigenvalue weighted by Gasteiger charge is -2.19. The number of rotatable bonds is 2. The molecule has 1 saturated heterocycles. The maximum absolute atomic E-state index is 11.9. The maximum Gasteiger partial charge on any atom is 0.326 e. The molecule has 2 N–H and O–H groups in total. The van der Waals surface area contributed by atoms with Gasteiger partial charge in [0.1, 0.15) is 6.04 Å². The molecule has 7 nitrogen and oxygen atoms in total. The zero-order chi connectivity index (χ0) is 12.6. The third-order valence-corrected chi connectivity index (χ3v) is 2.66. The third-order valence-electron chi connectivity index (χ3n) is 2.66. The van der Waals surface area contributed by atoms with Crippen molar-refractivity contribution in [2.24, 2.45) is 0 Å². The minimum atomic E-state index is -1.13. The molecule has 0 bridgehead atoms. The van der Waals surface area contributed by atoms with Gasteiger partial charge in [0.2, 0.25) is 5.76 Å². The first kappa shape index (κ1) is 11.6. The zero-order valence-corrected chi connectivity index (χ0v) is 9.16. The molecule has 0 spiro atoms. The number of aryl methyl sites for hydroxylation is 1. The van der Waals surface area contributed by atoms with E-state index in [0.717, 1.165) is 4.90 Å². The van der Waals surface area contributed by atoms with E-state index in [1.165, 1.54) is 6.07 Å². The first-order valence-electron chi connectivity index (χ1n) is 5.14. The van der Waals surface area contributed by atoms with Crippen molar-refractivity contribution in [3.63, 3.8) is 0 Å². The predicted octanol–water partition coefficient (Wildman–Crippen LogP) is -0.357. The van der Waals surface area contributed by atoms with Crippen molar-refractivity contribution in [3.05, 3.63) is 17.5 Å². The summed E-state index contributed by atoms with van der Waals surface area (Å²) in [6, 6.07) is 0.425. The second kappa shape index (κ2) is 4.17. The number of β-amino-alcohol motifs (C(OH)–C–C–N with tert-alkyl or cyclic N) is 1. The molecular formula is C10H12N2O5. The molecule has 1 aliphatic rings. The summed E-state index contributed by atoms with van der Waals surface area (Å²) in [5.41, 5.74) is 0.542. The standard InChI is InChI=1S/C10H12N2O5/c1-5-2-8(17-11-5)9(14)12-4-6(13)3-7(12)10(15)16/h2,6-7,13H,3-4H2,1H3,(H,15,16)/t6-,7+/m1/s1. The molecule has 0 unspecified atom stereocenters. The molecule has 2 heterocycles. The molecule has 0 saturated carbocycles. The molecule has 1 aromatic heterocycles. The van der Waals surface area contributed by atoms with Crippen molar-refractivity contribution in [2.75, 3.05) is 6.54 Å². The summed E-state index contributed by atoms with van der Waals surface area (Å²) in [4.78, 5) is 24.0. The van der Waals surface area contributed by atoms with E-state index in [4.69, 9.17) is 9.63 Å². The van der Waals surface area contributed by atoms with E-state index in [2.05, 4.69) is 5.16 Å². The molecule has 92 valence electrons. The molecule has 1 fully saturated rings. The molecule has 0 aromatic carbocycles. The predicted molar refractivity (Wildman–Crippen MR) is 54.3 cm³/mol. The average molecular weight is 240 g/mol. The van der Waals surface area contributed by atoms with E-state index in [1.807, 2.05) is 0 Å². The number of likely N-dealkylation sites (tertiary alicyclic amines) is 1. The highest BCUT2D eigenvalue weighted by Crippen LogP contribution is 2.21. The molecule has 0 aliphatic carbocycles. The van der Waals surface area contributed by atoms with Crippen LogP contribution >= 0.6 is 0 Å². The lowest BCUT2D eigenvalue weighted by Crippen LogP contribution is -2.40. The first-order chi connectivity index (χ1) is 7.99. The van der Waals surface area contributed by atoms with Gasteiger partial charge in [-0.1, -0.05) is 5.16 Å². The Morgan fingerprint density at radius 2 is 2.29 bits per heavy atom. The van der Waals surface area contributed by atoms with Gasteiger partial charge >= 0.3 is 5.97 Å². The highest BCUT2D eigenvalue weighted by Gasteiger charge is 2.40. The molecule has 1 aromatic rings. The van der Waals surface area contributed by atoms with Gasteiger partial charge in [0.05, 0.1) is 11.8 Å². The first-order valence-corrected chi connectivity index (χ1v) is 5.14. The fraction of sp³-hybridized carbons (Fsp3) is 0.500. The number of aliphatic hydroxyl groups excluding tert-OH is 1. The average Bonchev–Trinajstić information content (AvgIpc) is 2.83. The van der Waals surface area contributed by atoms with E-state index in [9.17, 15) is 14.7 Å². The van der Waals surface area contributed by atoms with E-state index in [1.54, 1.807) is 6.92 Å². The Hall–Kier alpha value is -1.89. The molecular weight excluding hydrogens is 228 g/mol. The Balaban J connectivity index is 2.21. The second-order valence-corrected chi connectivity index (χ2v) is 4.03. The van der Waals surface area contributed by atoms with Crippen LogP contribution in [0.3, 0.4) is 0 Å². The quantitative estimate of drug-likeness (QED) is 0.731. The number of carbonyl (C=O) groups is 2. The normalized spacial score (nSPS) is 24.0. The fourth-order valence-electron chi connectivity index (χ4n) is 1.88. The van der Waals surface area contributed by atoms with Crippen LogP contribution in [0.4, 0.5) is 0 Å².